The van der Waals surface area contributed by atoms with Gasteiger partial charge in [0.05, 0.1) is 0 Å². The average molecular weight is 402 g/mol. The van der Waals surface area contributed by atoms with Gasteiger partial charge in [-0.25, -0.2) is 9.18 Å². The number of rotatable bonds is 3. The van der Waals surface area contributed by atoms with Crippen molar-refractivity contribution in [3.8, 4) is 0 Å². The summed E-state index contributed by atoms with van der Waals surface area (Å²) in [5, 5.41) is 2.92. The van der Waals surface area contributed by atoms with Crippen molar-refractivity contribution in [2.24, 2.45) is 0 Å². The molecule has 3 saturated heterocycles. The number of hydrogen-bond donors (Lipinski definition) is 1. The molecule has 0 saturated carbocycles. The van der Waals surface area contributed by atoms with Crippen LogP contribution in [0.2, 0.25) is 0 Å². The van der Waals surface area contributed by atoms with E-state index in [0.29, 0.717) is 64.0 Å². The molecule has 0 aromatic heterocycles. The zero-order valence-electron chi connectivity index (χ0n) is 16.7. The van der Waals surface area contributed by atoms with Crippen LogP contribution in [-0.2, 0) is 16.1 Å². The predicted molar refractivity (Wildman–Crippen MR) is 104 cm³/mol. The van der Waals surface area contributed by atoms with Crippen LogP contribution in [-0.4, -0.2) is 70.3 Å². The summed E-state index contributed by atoms with van der Waals surface area (Å²) < 4.78 is 13.9. The summed E-state index contributed by atoms with van der Waals surface area (Å²) in [5.41, 5.74) is -0.204. The lowest BCUT2D eigenvalue weighted by Crippen LogP contribution is -2.56. The van der Waals surface area contributed by atoms with Crippen molar-refractivity contribution in [2.45, 2.75) is 50.7 Å². The van der Waals surface area contributed by atoms with E-state index in [1.165, 1.54) is 17.9 Å². The number of imide groups is 1. The average Bonchev–Trinajstić information content (AvgIpc) is 2.94. The van der Waals surface area contributed by atoms with Crippen LogP contribution in [0.1, 0.15) is 38.2 Å². The van der Waals surface area contributed by atoms with Gasteiger partial charge < -0.3 is 10.2 Å². The smallest absolute Gasteiger partial charge is 0.325 e. The zero-order chi connectivity index (χ0) is 20.6. The van der Waals surface area contributed by atoms with E-state index in [2.05, 4.69) is 10.2 Å². The second-order valence-electron chi connectivity index (χ2n) is 8.29. The number of likely N-dealkylation sites (tertiary alicyclic amines) is 2. The fraction of sp³-hybridized carbons (Fsp3) is 0.571. The van der Waals surface area contributed by atoms with Gasteiger partial charge in [0.15, 0.2) is 0 Å². The minimum absolute atomic E-state index is 0.00398. The Bertz CT molecular complexity index is 814. The molecule has 1 N–H and O–H groups in total. The molecule has 8 heteroatoms. The van der Waals surface area contributed by atoms with Crippen molar-refractivity contribution < 1.29 is 18.8 Å². The van der Waals surface area contributed by atoms with Crippen LogP contribution in [0.25, 0.3) is 0 Å². The number of carbonyl (C=O) groups is 3. The Morgan fingerprint density at radius 3 is 2.41 bits per heavy atom. The van der Waals surface area contributed by atoms with Gasteiger partial charge >= 0.3 is 6.03 Å². The predicted octanol–water partition coefficient (Wildman–Crippen LogP) is 1.72. The number of piperidine rings is 2. The van der Waals surface area contributed by atoms with E-state index < -0.39 is 5.54 Å². The van der Waals surface area contributed by atoms with Gasteiger partial charge in [-0.2, -0.15) is 0 Å². The van der Waals surface area contributed by atoms with Crippen LogP contribution < -0.4 is 5.32 Å². The van der Waals surface area contributed by atoms with Crippen molar-refractivity contribution in [1.29, 1.82) is 0 Å². The minimum atomic E-state index is -0.868. The highest BCUT2D eigenvalue weighted by Gasteiger charge is 2.54. The van der Waals surface area contributed by atoms with Crippen LogP contribution in [0.15, 0.2) is 24.3 Å². The van der Waals surface area contributed by atoms with Crippen LogP contribution in [0, 0.1) is 5.82 Å². The van der Waals surface area contributed by atoms with Gasteiger partial charge in [-0.1, -0.05) is 18.2 Å². The molecule has 7 nitrogen and oxygen atoms in total. The van der Waals surface area contributed by atoms with Gasteiger partial charge in [0, 0.05) is 51.3 Å². The first kappa shape index (κ1) is 19.8. The highest BCUT2D eigenvalue weighted by atomic mass is 19.1. The lowest BCUT2D eigenvalue weighted by atomic mass is 9.87. The second kappa shape index (κ2) is 7.74. The number of nitrogens with one attached hydrogen (secondary N) is 1. The molecule has 3 heterocycles. The number of carbonyl (C=O) groups excluding carboxylic acids is 3. The quantitative estimate of drug-likeness (QED) is 0.782. The van der Waals surface area contributed by atoms with Gasteiger partial charge in [0.25, 0.3) is 5.91 Å². The topological polar surface area (TPSA) is 73.0 Å². The molecule has 1 aromatic carbocycles. The molecule has 3 aliphatic rings. The number of benzene rings is 1. The van der Waals surface area contributed by atoms with E-state index in [9.17, 15) is 18.8 Å². The molecule has 3 aliphatic heterocycles. The van der Waals surface area contributed by atoms with Crippen LogP contribution >= 0.6 is 0 Å². The third-order valence-corrected chi connectivity index (χ3v) is 6.53. The van der Waals surface area contributed by atoms with Crippen molar-refractivity contribution >= 4 is 17.8 Å². The summed E-state index contributed by atoms with van der Waals surface area (Å²) in [7, 11) is 0. The van der Waals surface area contributed by atoms with Crippen LogP contribution in [0.3, 0.4) is 0 Å². The fourth-order valence-corrected chi connectivity index (χ4v) is 4.72. The third-order valence-electron chi connectivity index (χ3n) is 6.53. The largest absolute Gasteiger partial charge is 0.343 e. The molecule has 0 unspecified atom stereocenters. The first-order valence-corrected chi connectivity index (χ1v) is 10.3. The first-order chi connectivity index (χ1) is 13.9. The Morgan fingerprint density at radius 2 is 1.79 bits per heavy atom. The monoisotopic (exact) mass is 402 g/mol. The van der Waals surface area contributed by atoms with E-state index >= 15 is 0 Å². The normalized spacial score (nSPS) is 23.0. The number of urea groups is 1. The first-order valence-electron chi connectivity index (χ1n) is 10.3. The molecule has 3 fully saturated rings. The summed E-state index contributed by atoms with van der Waals surface area (Å²) in [5.74, 6) is -0.364. The van der Waals surface area contributed by atoms with Gasteiger partial charge in [-0.3, -0.25) is 19.4 Å². The molecule has 4 rings (SSSR count). The Kier molecular flexibility index (Phi) is 5.29. The Balaban J connectivity index is 1.36. The maximum absolute atomic E-state index is 13.9. The number of nitrogens with zero attached hydrogens (tertiary/aromatic N) is 3. The molecule has 0 atom stereocenters. The van der Waals surface area contributed by atoms with E-state index in [1.807, 2.05) is 6.07 Å². The van der Waals surface area contributed by atoms with Crippen molar-refractivity contribution in [3.05, 3.63) is 35.6 Å². The standard InChI is InChI=1S/C21H27FN4O3/c1-15(27)25-12-8-21(9-13-25)19(28)26(20(29)23-21)17-6-10-24(11-7-17)14-16-4-2-3-5-18(16)22/h2-5,17H,6-14H2,1H3,(H,23,29). The number of hydrogen-bond acceptors (Lipinski definition) is 4. The highest BCUT2D eigenvalue weighted by Crippen LogP contribution is 2.32. The molecule has 0 bridgehead atoms. The highest BCUT2D eigenvalue weighted by molar-refractivity contribution is 6.07. The molecular weight excluding hydrogens is 375 g/mol. The van der Waals surface area contributed by atoms with Gasteiger partial charge in [-0.15, -0.1) is 0 Å². The molecule has 29 heavy (non-hydrogen) atoms. The van der Waals surface area contributed by atoms with E-state index in [4.69, 9.17) is 0 Å². The maximum atomic E-state index is 13.9. The SMILES string of the molecule is CC(=O)N1CCC2(CC1)NC(=O)N(C1CCN(Cc3ccccc3F)CC1)C2=O. The molecule has 1 spiro atoms. The Hall–Kier alpha value is -2.48. The molecule has 0 radical (unpaired) electrons. The number of amides is 4. The van der Waals surface area contributed by atoms with Gasteiger partial charge in [0.1, 0.15) is 11.4 Å². The van der Waals surface area contributed by atoms with Crippen LogP contribution in [0.5, 0.6) is 0 Å². The van der Waals surface area contributed by atoms with Gasteiger partial charge in [0.2, 0.25) is 5.91 Å². The van der Waals surface area contributed by atoms with Crippen molar-refractivity contribution in [3.63, 3.8) is 0 Å². The Labute approximate surface area is 169 Å². The summed E-state index contributed by atoms with van der Waals surface area (Å²) in [6.07, 6.45) is 2.28. The Morgan fingerprint density at radius 1 is 1.14 bits per heavy atom. The third kappa shape index (κ3) is 3.73. The molecule has 0 aliphatic carbocycles. The van der Waals surface area contributed by atoms with Crippen molar-refractivity contribution in [2.75, 3.05) is 26.2 Å². The molecular formula is C21H27FN4O3. The van der Waals surface area contributed by atoms with Gasteiger partial charge in [-0.05, 0) is 31.7 Å². The van der Waals surface area contributed by atoms with Crippen LogP contribution in [0.4, 0.5) is 9.18 Å². The lowest BCUT2D eigenvalue weighted by molar-refractivity contribution is -0.138. The lowest BCUT2D eigenvalue weighted by Gasteiger charge is -2.38. The summed E-state index contributed by atoms with van der Waals surface area (Å²) >= 11 is 0. The zero-order valence-corrected chi connectivity index (χ0v) is 16.7. The molecule has 4 amide bonds. The number of halogens is 1. The summed E-state index contributed by atoms with van der Waals surface area (Å²) in [6, 6.07) is 6.31. The molecule has 1 aromatic rings. The minimum Gasteiger partial charge on any atom is -0.343 e. The van der Waals surface area contributed by atoms with E-state index in [0.717, 1.165) is 0 Å². The maximum Gasteiger partial charge on any atom is 0.325 e. The summed E-state index contributed by atoms with van der Waals surface area (Å²) in [6.45, 7) is 4.44. The van der Waals surface area contributed by atoms with E-state index in [1.54, 1.807) is 17.0 Å². The fourth-order valence-electron chi connectivity index (χ4n) is 4.72. The van der Waals surface area contributed by atoms with Crippen molar-refractivity contribution in [1.82, 2.24) is 20.0 Å². The van der Waals surface area contributed by atoms with E-state index in [-0.39, 0.29) is 29.7 Å². The summed E-state index contributed by atoms with van der Waals surface area (Å²) in [4.78, 5) is 42.6. The second-order valence-corrected chi connectivity index (χ2v) is 8.29. The molecule has 156 valence electrons.